The molecule has 3 nitrogen and oxygen atoms in total. The standard InChI is InChI=1S/C13H20N2O/c1-10-5-3-6-12(9-10)13(11(2)14)15-7-4-8-16-15/h3,5-6,9,11,13H,4,7-8,14H2,1-2H3. The molecule has 88 valence electrons. The molecule has 2 rings (SSSR count). The lowest BCUT2D eigenvalue weighted by atomic mass is 9.99. The van der Waals surface area contributed by atoms with Crippen molar-refractivity contribution in [2.75, 3.05) is 13.2 Å². The second kappa shape index (κ2) is 4.95. The Hall–Kier alpha value is -0.900. The number of hydrogen-bond donors (Lipinski definition) is 1. The van der Waals surface area contributed by atoms with E-state index in [1.54, 1.807) is 0 Å². The van der Waals surface area contributed by atoms with Crippen LogP contribution in [0.4, 0.5) is 0 Å². The van der Waals surface area contributed by atoms with Crippen molar-refractivity contribution in [1.29, 1.82) is 0 Å². The number of hydroxylamine groups is 2. The zero-order valence-corrected chi connectivity index (χ0v) is 10.0. The Morgan fingerprint density at radius 1 is 1.44 bits per heavy atom. The van der Waals surface area contributed by atoms with Crippen molar-refractivity contribution >= 4 is 0 Å². The summed E-state index contributed by atoms with van der Waals surface area (Å²) in [6, 6.07) is 8.74. The zero-order chi connectivity index (χ0) is 11.5. The minimum atomic E-state index is 0.0694. The number of hydrogen-bond acceptors (Lipinski definition) is 3. The van der Waals surface area contributed by atoms with Gasteiger partial charge in [0.25, 0.3) is 0 Å². The predicted molar refractivity (Wildman–Crippen MR) is 64.8 cm³/mol. The summed E-state index contributed by atoms with van der Waals surface area (Å²) in [6.45, 7) is 5.93. The quantitative estimate of drug-likeness (QED) is 0.847. The normalized spacial score (nSPS) is 20.9. The van der Waals surface area contributed by atoms with Crippen molar-refractivity contribution < 1.29 is 4.84 Å². The summed E-state index contributed by atoms with van der Waals surface area (Å²) in [4.78, 5) is 5.62. The molecule has 1 aliphatic rings. The van der Waals surface area contributed by atoms with Gasteiger partial charge in [-0.05, 0) is 25.8 Å². The van der Waals surface area contributed by atoms with Crippen LogP contribution in [0.3, 0.4) is 0 Å². The van der Waals surface area contributed by atoms with E-state index in [1.165, 1.54) is 11.1 Å². The monoisotopic (exact) mass is 220 g/mol. The first-order chi connectivity index (χ1) is 7.68. The lowest BCUT2D eigenvalue weighted by Gasteiger charge is -2.29. The molecule has 0 aromatic heterocycles. The van der Waals surface area contributed by atoms with Crippen LogP contribution in [-0.2, 0) is 4.84 Å². The number of rotatable bonds is 3. The molecule has 1 heterocycles. The van der Waals surface area contributed by atoms with Gasteiger partial charge in [-0.3, -0.25) is 4.84 Å². The molecule has 0 bridgehead atoms. The molecule has 0 spiro atoms. The first-order valence-electron chi connectivity index (χ1n) is 5.90. The second-order valence-corrected chi connectivity index (χ2v) is 4.55. The molecule has 0 amide bonds. The van der Waals surface area contributed by atoms with Crippen molar-refractivity contribution in [3.05, 3.63) is 35.4 Å². The van der Waals surface area contributed by atoms with Crippen molar-refractivity contribution in [3.63, 3.8) is 0 Å². The van der Waals surface area contributed by atoms with Crippen LogP contribution in [0.1, 0.15) is 30.5 Å². The topological polar surface area (TPSA) is 38.5 Å². The molecule has 3 heteroatoms. The van der Waals surface area contributed by atoms with Crippen molar-refractivity contribution in [1.82, 2.24) is 5.06 Å². The maximum atomic E-state index is 6.08. The smallest absolute Gasteiger partial charge is 0.0750 e. The second-order valence-electron chi connectivity index (χ2n) is 4.55. The molecule has 0 saturated carbocycles. The molecule has 2 unspecified atom stereocenters. The van der Waals surface area contributed by atoms with Crippen molar-refractivity contribution in [3.8, 4) is 0 Å². The highest BCUT2D eigenvalue weighted by molar-refractivity contribution is 5.26. The highest BCUT2D eigenvalue weighted by atomic mass is 16.7. The Balaban J connectivity index is 2.24. The lowest BCUT2D eigenvalue weighted by Crippen LogP contribution is -2.37. The van der Waals surface area contributed by atoms with Gasteiger partial charge in [-0.2, -0.15) is 5.06 Å². The highest BCUT2D eigenvalue weighted by Crippen LogP contribution is 2.27. The largest absolute Gasteiger partial charge is 0.326 e. The third kappa shape index (κ3) is 2.43. The van der Waals surface area contributed by atoms with Gasteiger partial charge in [0, 0.05) is 12.6 Å². The van der Waals surface area contributed by atoms with Gasteiger partial charge in [-0.25, -0.2) is 0 Å². The summed E-state index contributed by atoms with van der Waals surface area (Å²) < 4.78 is 0. The minimum absolute atomic E-state index is 0.0694. The van der Waals surface area contributed by atoms with Gasteiger partial charge >= 0.3 is 0 Å². The molecule has 0 radical (unpaired) electrons. The number of aryl methyl sites for hydroxylation is 1. The summed E-state index contributed by atoms with van der Waals surface area (Å²) in [6.07, 6.45) is 1.09. The van der Waals surface area contributed by atoms with Crippen LogP contribution >= 0.6 is 0 Å². The van der Waals surface area contributed by atoms with Crippen molar-refractivity contribution in [2.45, 2.75) is 32.4 Å². The van der Waals surface area contributed by atoms with Crippen molar-refractivity contribution in [2.24, 2.45) is 5.73 Å². The molecule has 1 aliphatic heterocycles. The fourth-order valence-corrected chi connectivity index (χ4v) is 2.27. The molecular formula is C13H20N2O. The SMILES string of the molecule is Cc1cccc(C(C(C)N)N2CCCO2)c1. The fourth-order valence-electron chi connectivity index (χ4n) is 2.27. The summed E-state index contributed by atoms with van der Waals surface area (Å²) in [5.74, 6) is 0. The zero-order valence-electron chi connectivity index (χ0n) is 10.0. The van der Waals surface area contributed by atoms with Gasteiger partial charge in [0.15, 0.2) is 0 Å². The van der Waals surface area contributed by atoms with Gasteiger partial charge < -0.3 is 5.73 Å². The molecule has 2 N–H and O–H groups in total. The van der Waals surface area contributed by atoms with Gasteiger partial charge in [0.05, 0.1) is 12.6 Å². The first kappa shape index (κ1) is 11.6. The van der Waals surface area contributed by atoms with E-state index in [1.807, 2.05) is 12.0 Å². The predicted octanol–water partition coefficient (Wildman–Crippen LogP) is 2.02. The van der Waals surface area contributed by atoms with E-state index in [-0.39, 0.29) is 12.1 Å². The summed E-state index contributed by atoms with van der Waals surface area (Å²) in [5.41, 5.74) is 8.59. The van der Waals surface area contributed by atoms with Crippen LogP contribution in [0.25, 0.3) is 0 Å². The Morgan fingerprint density at radius 2 is 2.25 bits per heavy atom. The Kier molecular flexibility index (Phi) is 3.59. The third-order valence-corrected chi connectivity index (χ3v) is 2.97. The molecule has 16 heavy (non-hydrogen) atoms. The fraction of sp³-hybridized carbons (Fsp3) is 0.538. The molecule has 1 aromatic carbocycles. The van der Waals surface area contributed by atoms with E-state index in [0.29, 0.717) is 0 Å². The maximum Gasteiger partial charge on any atom is 0.0750 e. The Bertz CT molecular complexity index is 346. The van der Waals surface area contributed by atoms with Crippen LogP contribution in [-0.4, -0.2) is 24.3 Å². The van der Waals surface area contributed by atoms with Gasteiger partial charge in [0.1, 0.15) is 0 Å². The van der Waals surface area contributed by atoms with E-state index in [4.69, 9.17) is 10.6 Å². The first-order valence-corrected chi connectivity index (χ1v) is 5.90. The lowest BCUT2D eigenvalue weighted by molar-refractivity contribution is -0.147. The summed E-state index contributed by atoms with van der Waals surface area (Å²) in [7, 11) is 0. The maximum absolute atomic E-state index is 6.08. The number of benzene rings is 1. The van der Waals surface area contributed by atoms with E-state index >= 15 is 0 Å². The van der Waals surface area contributed by atoms with E-state index in [0.717, 1.165) is 19.6 Å². The summed E-state index contributed by atoms with van der Waals surface area (Å²) >= 11 is 0. The van der Waals surface area contributed by atoms with E-state index < -0.39 is 0 Å². The third-order valence-electron chi connectivity index (χ3n) is 2.97. The average molecular weight is 220 g/mol. The van der Waals surface area contributed by atoms with E-state index in [9.17, 15) is 0 Å². The van der Waals surface area contributed by atoms with Crippen LogP contribution in [0.15, 0.2) is 24.3 Å². The Labute approximate surface area is 97.1 Å². The molecule has 1 saturated heterocycles. The van der Waals surface area contributed by atoms with Crippen LogP contribution in [0, 0.1) is 6.92 Å². The number of nitrogens with zero attached hydrogens (tertiary/aromatic N) is 1. The summed E-state index contributed by atoms with van der Waals surface area (Å²) in [5, 5.41) is 2.03. The molecule has 1 aromatic rings. The molecule has 2 atom stereocenters. The molecule has 0 aliphatic carbocycles. The van der Waals surface area contributed by atoms with Gasteiger partial charge in [-0.15, -0.1) is 0 Å². The van der Waals surface area contributed by atoms with E-state index in [2.05, 4.69) is 31.2 Å². The average Bonchev–Trinajstić information content (AvgIpc) is 2.71. The Morgan fingerprint density at radius 3 is 2.81 bits per heavy atom. The molecule has 1 fully saturated rings. The van der Waals surface area contributed by atoms with Crippen LogP contribution in [0.2, 0.25) is 0 Å². The highest BCUT2D eigenvalue weighted by Gasteiger charge is 2.27. The van der Waals surface area contributed by atoms with Gasteiger partial charge in [-0.1, -0.05) is 29.8 Å². The number of nitrogens with two attached hydrogens (primary N) is 1. The molecular weight excluding hydrogens is 200 g/mol. The van der Waals surface area contributed by atoms with Crippen LogP contribution < -0.4 is 5.73 Å². The minimum Gasteiger partial charge on any atom is -0.326 e. The van der Waals surface area contributed by atoms with Crippen LogP contribution in [0.5, 0.6) is 0 Å². The van der Waals surface area contributed by atoms with Gasteiger partial charge in [0.2, 0.25) is 0 Å².